The molecule has 1 atom stereocenters. The van der Waals surface area contributed by atoms with Crippen molar-refractivity contribution in [2.45, 2.75) is 13.0 Å². The molecule has 7 nitrogen and oxygen atoms in total. The lowest BCUT2D eigenvalue weighted by Gasteiger charge is -2.25. The molecular weight excluding hydrogens is 466 g/mol. The van der Waals surface area contributed by atoms with E-state index in [9.17, 15) is 19.8 Å². The van der Waals surface area contributed by atoms with E-state index in [-0.39, 0.29) is 39.1 Å². The standard InChI is InChI=1S/C24H20ClNO6S/c1-12-8-9-33-23(12)20-19(21(28)13-10-18(32-3)14(25)11-17(13)31-2)22(29)24(30)26(20)15-6-4-5-7-16(15)27/h4-11,20,27-28H,1-3H3/b21-19+. The van der Waals surface area contributed by atoms with Crippen LogP contribution in [-0.4, -0.2) is 36.1 Å². The molecule has 33 heavy (non-hydrogen) atoms. The molecule has 1 amide bonds. The average molecular weight is 486 g/mol. The molecule has 1 unspecified atom stereocenters. The quantitative estimate of drug-likeness (QED) is 0.298. The van der Waals surface area contributed by atoms with Crippen molar-refractivity contribution in [3.05, 3.63) is 74.4 Å². The Morgan fingerprint density at radius 2 is 1.79 bits per heavy atom. The summed E-state index contributed by atoms with van der Waals surface area (Å²) in [6.07, 6.45) is 0. The Balaban J connectivity index is 2.02. The number of aliphatic hydroxyl groups excluding tert-OH is 1. The Morgan fingerprint density at radius 1 is 1.09 bits per heavy atom. The second kappa shape index (κ2) is 8.80. The van der Waals surface area contributed by atoms with E-state index < -0.39 is 23.5 Å². The first-order chi connectivity index (χ1) is 15.8. The number of aryl methyl sites for hydroxylation is 1. The minimum absolute atomic E-state index is 0.128. The number of para-hydroxylation sites is 2. The number of hydrogen-bond donors (Lipinski definition) is 2. The number of aliphatic hydroxyl groups is 1. The van der Waals surface area contributed by atoms with Gasteiger partial charge in [0, 0.05) is 10.9 Å². The normalized spacial score (nSPS) is 17.5. The van der Waals surface area contributed by atoms with Gasteiger partial charge in [0.15, 0.2) is 0 Å². The number of Topliss-reactive ketones (excluding diaryl/α,β-unsaturated/α-hetero) is 1. The Morgan fingerprint density at radius 3 is 2.39 bits per heavy atom. The maximum absolute atomic E-state index is 13.3. The van der Waals surface area contributed by atoms with E-state index in [1.165, 1.54) is 48.7 Å². The third kappa shape index (κ3) is 3.71. The van der Waals surface area contributed by atoms with Crippen LogP contribution in [0.3, 0.4) is 0 Å². The van der Waals surface area contributed by atoms with Gasteiger partial charge in [-0.15, -0.1) is 11.3 Å². The van der Waals surface area contributed by atoms with Gasteiger partial charge in [-0.2, -0.15) is 0 Å². The molecule has 1 aliphatic heterocycles. The molecule has 0 bridgehead atoms. The Bertz CT molecular complexity index is 1300. The van der Waals surface area contributed by atoms with Crippen LogP contribution in [0.15, 0.2) is 53.4 Å². The number of nitrogens with zero attached hydrogens (tertiary/aromatic N) is 1. The van der Waals surface area contributed by atoms with Gasteiger partial charge in [0.25, 0.3) is 11.7 Å². The number of methoxy groups -OCH3 is 2. The Labute approximate surface area is 199 Å². The van der Waals surface area contributed by atoms with E-state index in [0.717, 1.165) is 5.56 Å². The molecule has 9 heteroatoms. The maximum Gasteiger partial charge on any atom is 0.300 e. The second-order valence-corrected chi connectivity index (χ2v) is 8.67. The lowest BCUT2D eigenvalue weighted by Crippen LogP contribution is -2.29. The van der Waals surface area contributed by atoms with E-state index in [2.05, 4.69) is 0 Å². The first kappa shape index (κ1) is 22.7. The molecule has 2 heterocycles. The Hall–Kier alpha value is -3.49. The van der Waals surface area contributed by atoms with Crippen LogP contribution in [0.4, 0.5) is 5.69 Å². The van der Waals surface area contributed by atoms with Gasteiger partial charge in [-0.1, -0.05) is 23.7 Å². The minimum Gasteiger partial charge on any atom is -0.507 e. The van der Waals surface area contributed by atoms with Gasteiger partial charge < -0.3 is 19.7 Å². The molecule has 1 saturated heterocycles. The summed E-state index contributed by atoms with van der Waals surface area (Å²) >= 11 is 7.53. The number of hydrogen-bond acceptors (Lipinski definition) is 7. The molecule has 1 fully saturated rings. The maximum atomic E-state index is 13.3. The number of aromatic hydroxyl groups is 1. The van der Waals surface area contributed by atoms with Crippen LogP contribution >= 0.6 is 22.9 Å². The number of benzene rings is 2. The number of carbonyl (C=O) groups excluding carboxylic acids is 2. The lowest BCUT2D eigenvalue weighted by atomic mass is 9.97. The molecule has 4 rings (SSSR count). The van der Waals surface area contributed by atoms with E-state index >= 15 is 0 Å². The predicted molar refractivity (Wildman–Crippen MR) is 127 cm³/mol. The Kier molecular flexibility index (Phi) is 6.05. The van der Waals surface area contributed by atoms with Gasteiger partial charge in [0.05, 0.1) is 36.1 Å². The number of rotatable bonds is 5. The van der Waals surface area contributed by atoms with Crippen LogP contribution in [0, 0.1) is 6.92 Å². The van der Waals surface area contributed by atoms with Gasteiger partial charge in [0.1, 0.15) is 29.0 Å². The van der Waals surface area contributed by atoms with Crippen molar-refractivity contribution in [3.63, 3.8) is 0 Å². The van der Waals surface area contributed by atoms with E-state index in [1.54, 1.807) is 18.2 Å². The van der Waals surface area contributed by atoms with Crippen LogP contribution in [0.1, 0.15) is 22.0 Å². The number of anilines is 1. The van der Waals surface area contributed by atoms with E-state index in [0.29, 0.717) is 4.88 Å². The smallest absolute Gasteiger partial charge is 0.300 e. The van der Waals surface area contributed by atoms with Crippen LogP contribution in [0.5, 0.6) is 17.2 Å². The van der Waals surface area contributed by atoms with Crippen molar-refractivity contribution in [2.24, 2.45) is 0 Å². The van der Waals surface area contributed by atoms with Crippen molar-refractivity contribution in [3.8, 4) is 17.2 Å². The fourth-order valence-corrected chi connectivity index (χ4v) is 5.11. The highest BCUT2D eigenvalue weighted by atomic mass is 35.5. The van der Waals surface area contributed by atoms with Crippen molar-refractivity contribution < 1.29 is 29.3 Å². The summed E-state index contributed by atoms with van der Waals surface area (Å²) in [5.74, 6) is -1.88. The number of ether oxygens (including phenoxy) is 2. The van der Waals surface area contributed by atoms with E-state index in [1.807, 2.05) is 18.4 Å². The van der Waals surface area contributed by atoms with Gasteiger partial charge in [-0.25, -0.2) is 0 Å². The number of carbonyl (C=O) groups is 2. The van der Waals surface area contributed by atoms with Crippen molar-refractivity contribution in [1.82, 2.24) is 0 Å². The molecule has 1 aliphatic rings. The summed E-state index contributed by atoms with van der Waals surface area (Å²) in [5.41, 5.74) is 1.01. The third-order valence-corrected chi connectivity index (χ3v) is 6.83. The topological polar surface area (TPSA) is 96.3 Å². The monoisotopic (exact) mass is 485 g/mol. The zero-order valence-corrected chi connectivity index (χ0v) is 19.5. The third-order valence-electron chi connectivity index (χ3n) is 5.46. The van der Waals surface area contributed by atoms with Gasteiger partial charge in [0.2, 0.25) is 0 Å². The van der Waals surface area contributed by atoms with E-state index in [4.69, 9.17) is 21.1 Å². The number of ketones is 1. The summed E-state index contributed by atoms with van der Waals surface area (Å²) in [6, 6.07) is 10.1. The molecule has 170 valence electrons. The number of halogens is 1. The summed E-state index contributed by atoms with van der Waals surface area (Å²) in [5, 5.41) is 23.9. The molecule has 0 spiro atoms. The first-order valence-corrected chi connectivity index (χ1v) is 11.1. The van der Waals surface area contributed by atoms with Crippen LogP contribution < -0.4 is 14.4 Å². The van der Waals surface area contributed by atoms with Crippen molar-refractivity contribution >= 4 is 46.1 Å². The summed E-state index contributed by atoms with van der Waals surface area (Å²) in [4.78, 5) is 28.4. The second-order valence-electron chi connectivity index (χ2n) is 7.31. The van der Waals surface area contributed by atoms with Crippen molar-refractivity contribution in [1.29, 1.82) is 0 Å². The highest BCUT2D eigenvalue weighted by Crippen LogP contribution is 2.48. The molecular formula is C24H20ClNO6S. The van der Waals surface area contributed by atoms with Crippen LogP contribution in [0.25, 0.3) is 5.76 Å². The number of amides is 1. The van der Waals surface area contributed by atoms with Crippen LogP contribution in [-0.2, 0) is 9.59 Å². The highest BCUT2D eigenvalue weighted by Gasteiger charge is 2.48. The number of thiophene rings is 1. The molecule has 0 radical (unpaired) electrons. The summed E-state index contributed by atoms with van der Waals surface area (Å²) in [6.45, 7) is 1.85. The SMILES string of the molecule is COc1cc(/C(O)=C2\C(=O)C(=O)N(c3ccccc3O)C2c2sccc2C)c(OC)cc1Cl. The van der Waals surface area contributed by atoms with Gasteiger partial charge in [-0.05, 0) is 42.1 Å². The highest BCUT2D eigenvalue weighted by molar-refractivity contribution is 7.10. The van der Waals surface area contributed by atoms with Gasteiger partial charge in [-0.3, -0.25) is 14.5 Å². The molecule has 2 aromatic carbocycles. The molecule has 2 N–H and O–H groups in total. The summed E-state index contributed by atoms with van der Waals surface area (Å²) in [7, 11) is 2.82. The minimum atomic E-state index is -0.954. The van der Waals surface area contributed by atoms with Gasteiger partial charge >= 0.3 is 0 Å². The molecule has 0 saturated carbocycles. The molecule has 3 aromatic rings. The number of phenolic OH excluding ortho intramolecular Hbond substituents is 1. The zero-order chi connectivity index (χ0) is 23.9. The predicted octanol–water partition coefficient (Wildman–Crippen LogP) is 5.06. The fraction of sp³-hybridized carbons (Fsp3) is 0.167. The lowest BCUT2D eigenvalue weighted by molar-refractivity contribution is -0.132. The largest absolute Gasteiger partial charge is 0.507 e. The first-order valence-electron chi connectivity index (χ1n) is 9.85. The van der Waals surface area contributed by atoms with Crippen molar-refractivity contribution in [2.75, 3.05) is 19.1 Å². The molecule has 0 aliphatic carbocycles. The molecule has 1 aromatic heterocycles. The number of phenols is 1. The average Bonchev–Trinajstić information content (AvgIpc) is 3.34. The zero-order valence-electron chi connectivity index (χ0n) is 18.0. The summed E-state index contributed by atoms with van der Waals surface area (Å²) < 4.78 is 10.6. The fourth-order valence-electron chi connectivity index (χ4n) is 3.85. The van der Waals surface area contributed by atoms with Crippen LogP contribution in [0.2, 0.25) is 5.02 Å².